The average molecular weight is 459 g/mol. The third kappa shape index (κ3) is 4.85. The zero-order chi connectivity index (χ0) is 23.8. The number of likely N-dealkylation sites (tertiary alicyclic amines) is 1. The summed E-state index contributed by atoms with van der Waals surface area (Å²) >= 11 is 0. The highest BCUT2D eigenvalue weighted by atomic mass is 19.1. The third-order valence-electron chi connectivity index (χ3n) is 6.26. The number of hydrogen-bond acceptors (Lipinski definition) is 6. The van der Waals surface area contributed by atoms with E-state index in [1.165, 1.54) is 10.9 Å². The van der Waals surface area contributed by atoms with Crippen LogP contribution in [0.2, 0.25) is 0 Å². The fourth-order valence-electron chi connectivity index (χ4n) is 4.41. The van der Waals surface area contributed by atoms with Crippen molar-refractivity contribution in [1.29, 1.82) is 0 Å². The molecule has 2 aliphatic rings. The number of piperazine rings is 1. The Bertz CT molecular complexity index is 1010. The second-order valence-electron chi connectivity index (χ2n) is 9.70. The fourth-order valence-corrected chi connectivity index (χ4v) is 4.41. The van der Waals surface area contributed by atoms with Gasteiger partial charge in [0, 0.05) is 32.4 Å². The van der Waals surface area contributed by atoms with Gasteiger partial charge in [-0.05, 0) is 52.2 Å². The van der Waals surface area contributed by atoms with Gasteiger partial charge in [-0.15, -0.1) is 0 Å². The Balaban J connectivity index is 1.43. The molecule has 2 aromatic rings. The molecule has 2 aliphatic heterocycles. The molecule has 9 nitrogen and oxygen atoms in total. The number of nitrogens with zero attached hydrogens (tertiary/aromatic N) is 5. The second kappa shape index (κ2) is 8.74. The van der Waals surface area contributed by atoms with Gasteiger partial charge in [-0.3, -0.25) is 4.79 Å². The summed E-state index contributed by atoms with van der Waals surface area (Å²) in [6.07, 6.45) is 4.83. The Morgan fingerprint density at radius 2 is 1.94 bits per heavy atom. The van der Waals surface area contributed by atoms with Crippen LogP contribution in [0.25, 0.3) is 5.82 Å². The molecule has 2 fully saturated rings. The van der Waals surface area contributed by atoms with E-state index in [1.807, 2.05) is 38.7 Å². The first kappa shape index (κ1) is 23.2. The Labute approximate surface area is 192 Å². The van der Waals surface area contributed by atoms with Crippen molar-refractivity contribution < 1.29 is 18.7 Å². The SMILES string of the molecule is C[C@@H](c1ccc(-n2cc(F)cn2)nc1)N1CCNC2(CCN(C(=O)OC(C)(C)C)CC2)C1=O. The van der Waals surface area contributed by atoms with Gasteiger partial charge < -0.3 is 19.9 Å². The Kier molecular flexibility index (Phi) is 6.13. The van der Waals surface area contributed by atoms with Crippen LogP contribution in [0, 0.1) is 5.82 Å². The molecule has 0 bridgehead atoms. The predicted molar refractivity (Wildman–Crippen MR) is 119 cm³/mol. The molecule has 0 aliphatic carbocycles. The van der Waals surface area contributed by atoms with Gasteiger partial charge >= 0.3 is 6.09 Å². The number of nitrogens with one attached hydrogen (secondary N) is 1. The van der Waals surface area contributed by atoms with Crippen LogP contribution in [0.4, 0.5) is 9.18 Å². The van der Waals surface area contributed by atoms with Gasteiger partial charge in [-0.25, -0.2) is 18.9 Å². The molecule has 0 radical (unpaired) electrons. The molecule has 4 heterocycles. The molecule has 0 unspecified atom stereocenters. The maximum absolute atomic E-state index is 13.6. The Morgan fingerprint density at radius 3 is 2.52 bits per heavy atom. The number of halogens is 1. The van der Waals surface area contributed by atoms with E-state index < -0.39 is 17.0 Å². The number of pyridine rings is 1. The zero-order valence-electron chi connectivity index (χ0n) is 19.5. The Morgan fingerprint density at radius 1 is 1.21 bits per heavy atom. The number of hydrogen-bond donors (Lipinski definition) is 1. The van der Waals surface area contributed by atoms with E-state index >= 15 is 0 Å². The van der Waals surface area contributed by atoms with Gasteiger partial charge in [-0.1, -0.05) is 6.07 Å². The van der Waals surface area contributed by atoms with Gasteiger partial charge in [0.2, 0.25) is 5.91 Å². The number of ether oxygens (including phenoxy) is 1. The summed E-state index contributed by atoms with van der Waals surface area (Å²) < 4.78 is 20.1. The molecule has 1 N–H and O–H groups in total. The lowest BCUT2D eigenvalue weighted by molar-refractivity contribution is -0.146. The van der Waals surface area contributed by atoms with Crippen LogP contribution >= 0.6 is 0 Å². The van der Waals surface area contributed by atoms with Crippen LogP contribution < -0.4 is 5.32 Å². The van der Waals surface area contributed by atoms with E-state index in [2.05, 4.69) is 15.4 Å². The molecule has 2 amide bonds. The van der Waals surface area contributed by atoms with E-state index in [4.69, 9.17) is 4.74 Å². The minimum Gasteiger partial charge on any atom is -0.444 e. The fraction of sp³-hybridized carbons (Fsp3) is 0.565. The second-order valence-corrected chi connectivity index (χ2v) is 9.70. The van der Waals surface area contributed by atoms with Crippen molar-refractivity contribution in [1.82, 2.24) is 29.9 Å². The first-order valence-electron chi connectivity index (χ1n) is 11.3. The summed E-state index contributed by atoms with van der Waals surface area (Å²) in [6, 6.07) is 3.48. The van der Waals surface area contributed by atoms with Gasteiger partial charge in [0.25, 0.3) is 0 Å². The monoisotopic (exact) mass is 458 g/mol. The van der Waals surface area contributed by atoms with Crippen molar-refractivity contribution in [3.8, 4) is 5.82 Å². The van der Waals surface area contributed by atoms with Crippen LogP contribution in [-0.2, 0) is 9.53 Å². The number of piperidine rings is 1. The van der Waals surface area contributed by atoms with E-state index in [0.717, 1.165) is 11.8 Å². The van der Waals surface area contributed by atoms with Gasteiger partial charge in [-0.2, -0.15) is 5.10 Å². The van der Waals surface area contributed by atoms with Crippen molar-refractivity contribution in [2.75, 3.05) is 26.2 Å². The van der Waals surface area contributed by atoms with Crippen LogP contribution in [-0.4, -0.2) is 73.9 Å². The van der Waals surface area contributed by atoms with Crippen molar-refractivity contribution in [2.24, 2.45) is 0 Å². The molecule has 1 atom stereocenters. The van der Waals surface area contributed by atoms with E-state index in [9.17, 15) is 14.0 Å². The van der Waals surface area contributed by atoms with Crippen molar-refractivity contribution in [3.63, 3.8) is 0 Å². The number of rotatable bonds is 3. The summed E-state index contributed by atoms with van der Waals surface area (Å²) in [5.41, 5.74) is -0.333. The summed E-state index contributed by atoms with van der Waals surface area (Å²) in [5, 5.41) is 7.36. The number of carbonyl (C=O) groups excluding carboxylic acids is 2. The number of aromatic nitrogens is 3. The molecular formula is C23H31FN6O3. The Hall–Kier alpha value is -3.01. The van der Waals surface area contributed by atoms with Gasteiger partial charge in [0.15, 0.2) is 11.6 Å². The smallest absolute Gasteiger partial charge is 0.410 e. The minimum atomic E-state index is -0.676. The van der Waals surface area contributed by atoms with Crippen LogP contribution in [0.3, 0.4) is 0 Å². The van der Waals surface area contributed by atoms with Gasteiger partial charge in [0.05, 0.1) is 18.4 Å². The lowest BCUT2D eigenvalue weighted by Crippen LogP contribution is -2.68. The minimum absolute atomic E-state index is 0.0447. The normalized spacial score (nSPS) is 19.6. The van der Waals surface area contributed by atoms with Crippen LogP contribution in [0.5, 0.6) is 0 Å². The van der Waals surface area contributed by atoms with Crippen molar-refractivity contribution in [3.05, 3.63) is 42.1 Å². The molecule has 4 rings (SSSR count). The first-order valence-corrected chi connectivity index (χ1v) is 11.3. The van der Waals surface area contributed by atoms with Gasteiger partial charge in [0.1, 0.15) is 11.1 Å². The summed E-state index contributed by atoms with van der Waals surface area (Å²) in [6.45, 7) is 9.71. The van der Waals surface area contributed by atoms with Crippen LogP contribution in [0.15, 0.2) is 30.7 Å². The topological polar surface area (TPSA) is 92.6 Å². The third-order valence-corrected chi connectivity index (χ3v) is 6.26. The summed E-state index contributed by atoms with van der Waals surface area (Å²) in [4.78, 5) is 33.9. The van der Waals surface area contributed by atoms with Crippen molar-refractivity contribution in [2.45, 2.75) is 57.7 Å². The zero-order valence-corrected chi connectivity index (χ0v) is 19.5. The summed E-state index contributed by atoms with van der Waals surface area (Å²) in [7, 11) is 0. The lowest BCUT2D eigenvalue weighted by Gasteiger charge is -2.48. The van der Waals surface area contributed by atoms with E-state index in [1.54, 1.807) is 17.2 Å². The molecule has 178 valence electrons. The first-order chi connectivity index (χ1) is 15.6. The van der Waals surface area contributed by atoms with Crippen LogP contribution in [0.1, 0.15) is 52.1 Å². The molecular weight excluding hydrogens is 427 g/mol. The molecule has 2 saturated heterocycles. The molecule has 10 heteroatoms. The number of amides is 2. The molecule has 2 aromatic heterocycles. The lowest BCUT2D eigenvalue weighted by atomic mass is 9.83. The predicted octanol–water partition coefficient (Wildman–Crippen LogP) is 2.67. The quantitative estimate of drug-likeness (QED) is 0.760. The molecule has 1 spiro atoms. The molecule has 0 aromatic carbocycles. The maximum atomic E-state index is 13.6. The standard InChI is InChI=1S/C23H31FN6O3/c1-16(17-5-6-19(25-13-17)30-15-18(24)14-27-30)29-12-9-26-23(20(29)31)7-10-28(11-8-23)21(32)33-22(2,3)4/h5-6,13-16,26H,7-12H2,1-4H3/t16-/m0/s1. The highest BCUT2D eigenvalue weighted by Crippen LogP contribution is 2.32. The average Bonchev–Trinajstić information content (AvgIpc) is 3.21. The highest BCUT2D eigenvalue weighted by molar-refractivity contribution is 5.88. The maximum Gasteiger partial charge on any atom is 0.410 e. The molecule has 33 heavy (non-hydrogen) atoms. The van der Waals surface area contributed by atoms with Crippen molar-refractivity contribution >= 4 is 12.0 Å². The van der Waals surface area contributed by atoms with E-state index in [0.29, 0.717) is 44.8 Å². The summed E-state index contributed by atoms with van der Waals surface area (Å²) in [5.74, 6) is 0.124. The largest absolute Gasteiger partial charge is 0.444 e. The number of carbonyl (C=O) groups is 2. The highest BCUT2D eigenvalue weighted by Gasteiger charge is 2.47. The molecule has 0 saturated carbocycles. The van der Waals surface area contributed by atoms with E-state index in [-0.39, 0.29) is 18.0 Å².